The standard InChI is InChI=1S/C11H9ClF6/c1-2-6-7(5-12)9(11(16,17)18)4-3-8(6)10(13,14)15/h3-4H,2,5H2,1H3. The van der Waals surface area contributed by atoms with Gasteiger partial charge in [0.05, 0.1) is 11.1 Å². The second-order valence-electron chi connectivity index (χ2n) is 3.60. The van der Waals surface area contributed by atoms with E-state index in [0.717, 1.165) is 0 Å². The maximum atomic E-state index is 12.7. The zero-order valence-corrected chi connectivity index (χ0v) is 9.97. The predicted octanol–water partition coefficient (Wildman–Crippen LogP) is 5.03. The first-order chi connectivity index (χ1) is 8.12. The van der Waals surface area contributed by atoms with E-state index in [1.165, 1.54) is 6.92 Å². The van der Waals surface area contributed by atoms with Crippen LogP contribution < -0.4 is 0 Å². The Morgan fingerprint density at radius 1 is 0.889 bits per heavy atom. The van der Waals surface area contributed by atoms with E-state index in [2.05, 4.69) is 0 Å². The van der Waals surface area contributed by atoms with Gasteiger partial charge in [0.2, 0.25) is 0 Å². The van der Waals surface area contributed by atoms with Gasteiger partial charge in [-0.2, -0.15) is 26.3 Å². The molecule has 0 saturated heterocycles. The zero-order valence-electron chi connectivity index (χ0n) is 9.21. The first kappa shape index (κ1) is 15.1. The Morgan fingerprint density at radius 3 is 1.56 bits per heavy atom. The van der Waals surface area contributed by atoms with Crippen LogP contribution in [-0.4, -0.2) is 0 Å². The minimum absolute atomic E-state index is 0.166. The van der Waals surface area contributed by atoms with Gasteiger partial charge in [-0.05, 0) is 29.7 Å². The van der Waals surface area contributed by atoms with Crippen LogP contribution in [0.25, 0.3) is 0 Å². The van der Waals surface area contributed by atoms with Crippen molar-refractivity contribution in [1.82, 2.24) is 0 Å². The number of hydrogen-bond acceptors (Lipinski definition) is 0. The van der Waals surface area contributed by atoms with Gasteiger partial charge in [0.25, 0.3) is 0 Å². The number of rotatable bonds is 2. The molecule has 102 valence electrons. The molecule has 0 saturated carbocycles. The van der Waals surface area contributed by atoms with Crippen LogP contribution in [0.5, 0.6) is 0 Å². The smallest absolute Gasteiger partial charge is 0.166 e. The van der Waals surface area contributed by atoms with Crippen molar-refractivity contribution in [1.29, 1.82) is 0 Å². The Labute approximate surface area is 105 Å². The van der Waals surface area contributed by atoms with E-state index in [0.29, 0.717) is 12.1 Å². The summed E-state index contributed by atoms with van der Waals surface area (Å²) in [5.41, 5.74) is -3.06. The normalized spacial score (nSPS) is 12.9. The van der Waals surface area contributed by atoms with Crippen molar-refractivity contribution >= 4 is 11.6 Å². The highest BCUT2D eigenvalue weighted by Gasteiger charge is 2.39. The summed E-state index contributed by atoms with van der Waals surface area (Å²) in [5, 5.41) is 0. The van der Waals surface area contributed by atoms with Gasteiger partial charge in [-0.3, -0.25) is 0 Å². The average Bonchev–Trinajstić information content (AvgIpc) is 2.24. The lowest BCUT2D eigenvalue weighted by molar-refractivity contribution is -0.142. The number of hydrogen-bond donors (Lipinski definition) is 0. The molecule has 0 aliphatic heterocycles. The molecular formula is C11H9ClF6. The quantitative estimate of drug-likeness (QED) is 0.529. The fourth-order valence-corrected chi connectivity index (χ4v) is 2.09. The Morgan fingerprint density at radius 2 is 1.28 bits per heavy atom. The molecule has 0 N–H and O–H groups in total. The minimum Gasteiger partial charge on any atom is -0.166 e. The molecule has 0 aromatic heterocycles. The molecular weight excluding hydrogens is 282 g/mol. The molecule has 0 fully saturated rings. The molecule has 7 heteroatoms. The van der Waals surface area contributed by atoms with E-state index in [4.69, 9.17) is 11.6 Å². The van der Waals surface area contributed by atoms with Crippen molar-refractivity contribution in [2.45, 2.75) is 31.6 Å². The molecule has 0 atom stereocenters. The van der Waals surface area contributed by atoms with Gasteiger partial charge in [0, 0.05) is 5.88 Å². The summed E-state index contributed by atoms with van der Waals surface area (Å²) in [7, 11) is 0. The van der Waals surface area contributed by atoms with Crippen LogP contribution in [0.2, 0.25) is 0 Å². The van der Waals surface area contributed by atoms with Gasteiger partial charge in [0.15, 0.2) is 0 Å². The van der Waals surface area contributed by atoms with Gasteiger partial charge in [0.1, 0.15) is 0 Å². The van der Waals surface area contributed by atoms with E-state index in [1.807, 2.05) is 0 Å². The van der Waals surface area contributed by atoms with Crippen LogP contribution in [0.15, 0.2) is 12.1 Å². The van der Waals surface area contributed by atoms with E-state index in [-0.39, 0.29) is 6.42 Å². The molecule has 0 amide bonds. The molecule has 0 unspecified atom stereocenters. The van der Waals surface area contributed by atoms with Crippen LogP contribution in [-0.2, 0) is 24.7 Å². The molecule has 0 heterocycles. The van der Waals surface area contributed by atoms with E-state index in [9.17, 15) is 26.3 Å². The maximum Gasteiger partial charge on any atom is 0.416 e. The van der Waals surface area contributed by atoms with Crippen molar-refractivity contribution in [2.75, 3.05) is 0 Å². The fourth-order valence-electron chi connectivity index (χ4n) is 1.78. The summed E-state index contributed by atoms with van der Waals surface area (Å²) >= 11 is 5.38. The van der Waals surface area contributed by atoms with Crippen LogP contribution in [0.1, 0.15) is 29.2 Å². The Bertz CT molecular complexity index is 391. The maximum absolute atomic E-state index is 12.7. The lowest BCUT2D eigenvalue weighted by Crippen LogP contribution is -2.16. The largest absolute Gasteiger partial charge is 0.416 e. The van der Waals surface area contributed by atoms with Crippen LogP contribution in [0.3, 0.4) is 0 Å². The van der Waals surface area contributed by atoms with Crippen LogP contribution in [0, 0.1) is 0 Å². The molecule has 0 radical (unpaired) electrons. The van der Waals surface area contributed by atoms with Crippen LogP contribution in [0.4, 0.5) is 26.3 Å². The topological polar surface area (TPSA) is 0 Å². The third-order valence-corrected chi connectivity index (χ3v) is 2.80. The van der Waals surface area contributed by atoms with Gasteiger partial charge >= 0.3 is 12.4 Å². The number of alkyl halides is 7. The van der Waals surface area contributed by atoms with Gasteiger partial charge in [-0.25, -0.2) is 0 Å². The fraction of sp³-hybridized carbons (Fsp3) is 0.455. The second-order valence-corrected chi connectivity index (χ2v) is 3.87. The molecule has 1 rings (SSSR count). The highest BCUT2D eigenvalue weighted by atomic mass is 35.5. The number of benzene rings is 1. The van der Waals surface area contributed by atoms with Crippen molar-refractivity contribution in [3.05, 3.63) is 34.4 Å². The Kier molecular flexibility index (Phi) is 4.20. The molecule has 1 aromatic carbocycles. The first-order valence-electron chi connectivity index (χ1n) is 4.98. The third-order valence-electron chi connectivity index (χ3n) is 2.53. The average molecular weight is 291 g/mol. The van der Waals surface area contributed by atoms with E-state index >= 15 is 0 Å². The molecule has 18 heavy (non-hydrogen) atoms. The van der Waals surface area contributed by atoms with Gasteiger partial charge in [-0.15, -0.1) is 11.6 Å². The molecule has 1 aromatic rings. The molecule has 0 nitrogen and oxygen atoms in total. The summed E-state index contributed by atoms with van der Waals surface area (Å²) in [5.74, 6) is -0.609. The molecule has 0 aliphatic carbocycles. The summed E-state index contributed by atoms with van der Waals surface area (Å²) in [6.45, 7) is 1.36. The second kappa shape index (κ2) is 4.99. The SMILES string of the molecule is CCc1c(C(F)(F)F)ccc(C(F)(F)F)c1CCl. The Hall–Kier alpha value is -0.910. The summed E-state index contributed by atoms with van der Waals surface area (Å²) in [4.78, 5) is 0. The minimum atomic E-state index is -4.71. The van der Waals surface area contributed by atoms with Gasteiger partial charge < -0.3 is 0 Å². The van der Waals surface area contributed by atoms with Gasteiger partial charge in [-0.1, -0.05) is 6.92 Å². The lowest BCUT2D eigenvalue weighted by Gasteiger charge is -2.19. The Balaban J connectivity index is 3.57. The highest BCUT2D eigenvalue weighted by Crippen LogP contribution is 2.40. The molecule has 0 spiro atoms. The van der Waals surface area contributed by atoms with Crippen molar-refractivity contribution in [3.63, 3.8) is 0 Å². The van der Waals surface area contributed by atoms with Crippen molar-refractivity contribution in [3.8, 4) is 0 Å². The lowest BCUT2D eigenvalue weighted by atomic mass is 9.94. The van der Waals surface area contributed by atoms with E-state index in [1.54, 1.807) is 0 Å². The predicted molar refractivity (Wildman–Crippen MR) is 55.4 cm³/mol. The number of halogens is 7. The van der Waals surface area contributed by atoms with Crippen molar-refractivity contribution in [2.24, 2.45) is 0 Å². The molecule has 0 aliphatic rings. The van der Waals surface area contributed by atoms with Crippen molar-refractivity contribution < 1.29 is 26.3 Å². The van der Waals surface area contributed by atoms with Crippen LogP contribution >= 0.6 is 11.6 Å². The van der Waals surface area contributed by atoms with E-state index < -0.39 is 40.5 Å². The first-order valence-corrected chi connectivity index (χ1v) is 5.51. The summed E-state index contributed by atoms with van der Waals surface area (Å²) in [6.07, 6.45) is -9.56. The molecule has 0 bridgehead atoms. The summed E-state index contributed by atoms with van der Waals surface area (Å²) < 4.78 is 75.9. The summed E-state index contributed by atoms with van der Waals surface area (Å²) in [6, 6.07) is 0.886. The third kappa shape index (κ3) is 2.91. The monoisotopic (exact) mass is 290 g/mol. The zero-order chi connectivity index (χ0) is 14.1. The highest BCUT2D eigenvalue weighted by molar-refractivity contribution is 6.17.